The Kier molecular flexibility index (Phi) is 5.34. The third-order valence-electron chi connectivity index (χ3n) is 2.92. The highest BCUT2D eigenvalue weighted by molar-refractivity contribution is 7.98. The molecule has 0 heterocycles. The van der Waals surface area contributed by atoms with Crippen molar-refractivity contribution in [2.45, 2.75) is 19.4 Å². The summed E-state index contributed by atoms with van der Waals surface area (Å²) in [4.78, 5) is 13.9. The Morgan fingerprint density at radius 3 is 2.56 bits per heavy atom. The molecule has 1 aromatic rings. The molecule has 0 aliphatic rings. The van der Waals surface area contributed by atoms with Crippen molar-refractivity contribution in [1.82, 2.24) is 4.90 Å². The molecule has 0 aromatic heterocycles. The number of phenolic OH excluding ortho intramolecular Hbond substituents is 2. The molecule has 0 bridgehead atoms. The van der Waals surface area contributed by atoms with E-state index in [2.05, 4.69) is 0 Å². The first-order valence-electron chi connectivity index (χ1n) is 5.79. The molecular weight excluding hydrogens is 250 g/mol. The molecule has 0 aliphatic carbocycles. The van der Waals surface area contributed by atoms with Crippen LogP contribution in [0.4, 0.5) is 0 Å². The van der Waals surface area contributed by atoms with Crippen LogP contribution in [0.15, 0.2) is 18.2 Å². The second-order valence-electron chi connectivity index (χ2n) is 4.14. The number of hydrogen-bond acceptors (Lipinski definition) is 4. The number of rotatable bonds is 5. The van der Waals surface area contributed by atoms with E-state index in [1.165, 1.54) is 18.2 Å². The van der Waals surface area contributed by atoms with Gasteiger partial charge in [0.05, 0.1) is 0 Å². The number of hydrogen-bond donors (Lipinski definition) is 2. The van der Waals surface area contributed by atoms with Gasteiger partial charge in [0.15, 0.2) is 11.5 Å². The van der Waals surface area contributed by atoms with Crippen LogP contribution in [0.1, 0.15) is 23.7 Å². The maximum absolute atomic E-state index is 12.2. The van der Waals surface area contributed by atoms with Gasteiger partial charge in [0.1, 0.15) is 0 Å². The van der Waals surface area contributed by atoms with Crippen LogP contribution in [-0.2, 0) is 0 Å². The Bertz CT molecular complexity index is 423. The summed E-state index contributed by atoms with van der Waals surface area (Å²) in [5.74, 6) is 0.242. The lowest BCUT2D eigenvalue weighted by Crippen LogP contribution is -2.38. The van der Waals surface area contributed by atoms with Gasteiger partial charge >= 0.3 is 0 Å². The van der Waals surface area contributed by atoms with Gasteiger partial charge in [0, 0.05) is 24.4 Å². The molecule has 4 nitrogen and oxygen atoms in total. The number of amides is 1. The Balaban J connectivity index is 2.88. The van der Waals surface area contributed by atoms with Crippen LogP contribution in [0.5, 0.6) is 11.5 Å². The first kappa shape index (κ1) is 14.7. The third-order valence-corrected chi connectivity index (χ3v) is 3.64. The van der Waals surface area contributed by atoms with Crippen LogP contribution in [0.25, 0.3) is 0 Å². The van der Waals surface area contributed by atoms with Gasteiger partial charge in [-0.25, -0.2) is 0 Å². The van der Waals surface area contributed by atoms with E-state index in [0.717, 1.165) is 12.2 Å². The van der Waals surface area contributed by atoms with Crippen LogP contribution >= 0.6 is 11.8 Å². The Hall–Kier alpha value is -1.36. The van der Waals surface area contributed by atoms with E-state index in [4.69, 9.17) is 0 Å². The highest BCUT2D eigenvalue weighted by Gasteiger charge is 2.20. The van der Waals surface area contributed by atoms with Crippen molar-refractivity contribution in [3.63, 3.8) is 0 Å². The van der Waals surface area contributed by atoms with Crippen LogP contribution in [0.3, 0.4) is 0 Å². The number of carbonyl (C=O) groups excluding carboxylic acids is 1. The quantitative estimate of drug-likeness (QED) is 0.805. The van der Waals surface area contributed by atoms with E-state index < -0.39 is 0 Å². The van der Waals surface area contributed by atoms with Gasteiger partial charge in [-0.1, -0.05) is 6.92 Å². The molecule has 0 aliphatic heterocycles. The zero-order chi connectivity index (χ0) is 13.7. The number of phenols is 2. The topological polar surface area (TPSA) is 60.8 Å². The lowest BCUT2D eigenvalue weighted by molar-refractivity contribution is 0.0743. The van der Waals surface area contributed by atoms with Crippen LogP contribution in [0, 0.1) is 0 Å². The molecule has 5 heteroatoms. The molecule has 1 unspecified atom stereocenters. The maximum atomic E-state index is 12.2. The Labute approximate surface area is 112 Å². The molecule has 1 amide bonds. The number of thioether (sulfide) groups is 1. The van der Waals surface area contributed by atoms with Gasteiger partial charge < -0.3 is 15.1 Å². The summed E-state index contributed by atoms with van der Waals surface area (Å²) in [5, 5.41) is 18.6. The van der Waals surface area contributed by atoms with Crippen molar-refractivity contribution >= 4 is 17.7 Å². The van der Waals surface area contributed by atoms with E-state index in [9.17, 15) is 15.0 Å². The molecule has 0 spiro atoms. The minimum atomic E-state index is -0.271. The molecule has 0 fully saturated rings. The standard InChI is InChI=1S/C13H19NO3S/c1-4-10(8-18-3)14(2)13(17)9-5-6-11(15)12(16)7-9/h5-7,10,15-16H,4,8H2,1-3H3. The molecule has 100 valence electrons. The van der Waals surface area contributed by atoms with E-state index in [1.54, 1.807) is 23.7 Å². The maximum Gasteiger partial charge on any atom is 0.254 e. The largest absolute Gasteiger partial charge is 0.504 e. The molecule has 0 radical (unpaired) electrons. The van der Waals surface area contributed by atoms with Gasteiger partial charge in [-0.3, -0.25) is 4.79 Å². The van der Waals surface area contributed by atoms with Gasteiger partial charge in [-0.2, -0.15) is 11.8 Å². The van der Waals surface area contributed by atoms with Gasteiger partial charge in [0.25, 0.3) is 5.91 Å². The second-order valence-corrected chi connectivity index (χ2v) is 5.05. The SMILES string of the molecule is CCC(CSC)N(C)C(=O)c1ccc(O)c(O)c1. The minimum Gasteiger partial charge on any atom is -0.504 e. The van der Waals surface area contributed by atoms with Crippen LogP contribution in [0.2, 0.25) is 0 Å². The molecule has 18 heavy (non-hydrogen) atoms. The van der Waals surface area contributed by atoms with Gasteiger partial charge in [-0.05, 0) is 30.9 Å². The van der Waals surface area contributed by atoms with Crippen molar-refractivity contribution in [3.8, 4) is 11.5 Å². The molecule has 0 saturated heterocycles. The Morgan fingerprint density at radius 2 is 2.06 bits per heavy atom. The first-order valence-corrected chi connectivity index (χ1v) is 7.18. The normalized spacial score (nSPS) is 12.2. The van der Waals surface area contributed by atoms with Crippen molar-refractivity contribution < 1.29 is 15.0 Å². The lowest BCUT2D eigenvalue weighted by Gasteiger charge is -2.26. The molecule has 1 aromatic carbocycles. The van der Waals surface area contributed by atoms with Crippen LogP contribution in [-0.4, -0.2) is 46.1 Å². The Morgan fingerprint density at radius 1 is 1.39 bits per heavy atom. The molecule has 2 N–H and O–H groups in total. The lowest BCUT2D eigenvalue weighted by atomic mass is 10.1. The number of benzene rings is 1. The van der Waals surface area contributed by atoms with E-state index in [0.29, 0.717) is 5.56 Å². The monoisotopic (exact) mass is 269 g/mol. The van der Waals surface area contributed by atoms with Crippen molar-refractivity contribution in [3.05, 3.63) is 23.8 Å². The second kappa shape index (κ2) is 6.54. The van der Waals surface area contributed by atoms with E-state index in [-0.39, 0.29) is 23.4 Å². The summed E-state index contributed by atoms with van der Waals surface area (Å²) in [6.07, 6.45) is 2.89. The molecule has 1 rings (SSSR count). The van der Waals surface area contributed by atoms with Gasteiger partial charge in [-0.15, -0.1) is 0 Å². The highest BCUT2D eigenvalue weighted by atomic mass is 32.2. The first-order chi connectivity index (χ1) is 8.51. The average Bonchev–Trinajstić information content (AvgIpc) is 2.37. The fraction of sp³-hybridized carbons (Fsp3) is 0.462. The van der Waals surface area contributed by atoms with E-state index in [1.807, 2.05) is 13.2 Å². The number of carbonyl (C=O) groups is 1. The summed E-state index contributed by atoms with van der Waals surface area (Å²) >= 11 is 1.70. The molecule has 1 atom stereocenters. The smallest absolute Gasteiger partial charge is 0.254 e. The van der Waals surface area contributed by atoms with Gasteiger partial charge in [0.2, 0.25) is 0 Å². The van der Waals surface area contributed by atoms with Crippen molar-refractivity contribution in [2.75, 3.05) is 19.1 Å². The highest BCUT2D eigenvalue weighted by Crippen LogP contribution is 2.25. The molecule has 0 saturated carbocycles. The molecular formula is C13H19NO3S. The summed E-state index contributed by atoms with van der Waals surface area (Å²) in [7, 11) is 1.76. The minimum absolute atomic E-state index is 0.147. The zero-order valence-corrected chi connectivity index (χ0v) is 11.7. The predicted molar refractivity (Wildman–Crippen MR) is 74.3 cm³/mol. The third kappa shape index (κ3) is 3.32. The number of nitrogens with zero attached hydrogens (tertiary/aromatic N) is 1. The summed E-state index contributed by atoms with van der Waals surface area (Å²) in [6.45, 7) is 2.04. The summed E-state index contributed by atoms with van der Waals surface area (Å²) in [5.41, 5.74) is 0.382. The summed E-state index contributed by atoms with van der Waals surface area (Å²) in [6, 6.07) is 4.30. The predicted octanol–water partition coefficient (Wildman–Crippen LogP) is 2.31. The fourth-order valence-corrected chi connectivity index (χ4v) is 2.57. The average molecular weight is 269 g/mol. The van der Waals surface area contributed by atoms with Crippen molar-refractivity contribution in [1.29, 1.82) is 0 Å². The zero-order valence-electron chi connectivity index (χ0n) is 10.9. The number of aromatic hydroxyl groups is 2. The summed E-state index contributed by atoms with van der Waals surface area (Å²) < 4.78 is 0. The van der Waals surface area contributed by atoms with Crippen molar-refractivity contribution in [2.24, 2.45) is 0 Å². The van der Waals surface area contributed by atoms with Crippen LogP contribution < -0.4 is 0 Å². The fourth-order valence-electron chi connectivity index (χ4n) is 1.72. The van der Waals surface area contributed by atoms with E-state index >= 15 is 0 Å².